The number of nitrogens with one attached hydrogen (secondary N) is 1. The molecular formula is C18H18ClNOS. The Hall–Kier alpha value is -1.76. The Bertz CT molecular complexity index is 759. The summed E-state index contributed by atoms with van der Waals surface area (Å²) in [6.07, 6.45) is 0. The Balaban J connectivity index is 2.31. The molecule has 1 heterocycles. The van der Waals surface area contributed by atoms with Gasteiger partial charge in [-0.15, -0.1) is 11.3 Å². The number of carbonyl (C=O) groups excluding carboxylic acids is 1. The van der Waals surface area contributed by atoms with Crippen molar-refractivity contribution in [1.82, 2.24) is 5.32 Å². The van der Waals surface area contributed by atoms with Crippen LogP contribution in [0.1, 0.15) is 47.1 Å². The number of carbonyl (C=O) groups is 1. The van der Waals surface area contributed by atoms with E-state index in [1.54, 1.807) is 30.5 Å². The van der Waals surface area contributed by atoms with Gasteiger partial charge in [0, 0.05) is 23.1 Å². The van der Waals surface area contributed by atoms with Gasteiger partial charge in [-0.2, -0.15) is 0 Å². The van der Waals surface area contributed by atoms with Gasteiger partial charge in [0.05, 0.1) is 5.56 Å². The molecule has 0 unspecified atom stereocenters. The summed E-state index contributed by atoms with van der Waals surface area (Å²) in [5.41, 5.74) is 2.29. The van der Waals surface area contributed by atoms with Gasteiger partial charge in [-0.25, -0.2) is 0 Å². The fourth-order valence-corrected chi connectivity index (χ4v) is 3.09. The van der Waals surface area contributed by atoms with E-state index in [4.69, 9.17) is 11.6 Å². The van der Waals surface area contributed by atoms with E-state index < -0.39 is 0 Å². The van der Waals surface area contributed by atoms with Gasteiger partial charge in [0.1, 0.15) is 4.34 Å². The third-order valence-corrected chi connectivity index (χ3v) is 4.90. The molecular weight excluding hydrogens is 314 g/mol. The monoisotopic (exact) mass is 331 g/mol. The van der Waals surface area contributed by atoms with E-state index in [1.165, 1.54) is 4.88 Å². The van der Waals surface area contributed by atoms with E-state index in [1.807, 2.05) is 18.2 Å². The third kappa shape index (κ3) is 3.91. The molecule has 2 rings (SSSR count). The molecule has 0 bridgehead atoms. The largest absolute Gasteiger partial charge is 0.355 e. The lowest BCUT2D eigenvalue weighted by Gasteiger charge is -2.14. The van der Waals surface area contributed by atoms with Gasteiger partial charge in [0.15, 0.2) is 0 Å². The Morgan fingerprint density at radius 1 is 1.23 bits per heavy atom. The average molecular weight is 332 g/mol. The fraction of sp³-hybridized carbons (Fsp3) is 0.278. The second-order valence-corrected chi connectivity index (χ2v) is 7.61. The first-order chi connectivity index (χ1) is 10.3. The zero-order valence-electron chi connectivity index (χ0n) is 13.1. The fourth-order valence-electron chi connectivity index (χ4n) is 1.85. The van der Waals surface area contributed by atoms with E-state index in [0.29, 0.717) is 9.90 Å². The zero-order chi connectivity index (χ0) is 16.3. The summed E-state index contributed by atoms with van der Waals surface area (Å²) in [6.45, 7) is 6.46. The molecule has 0 spiro atoms. The van der Waals surface area contributed by atoms with Crippen LogP contribution in [-0.2, 0) is 5.41 Å². The van der Waals surface area contributed by atoms with Gasteiger partial charge < -0.3 is 5.32 Å². The normalized spacial score (nSPS) is 10.8. The SMILES string of the molecule is CNC(=O)c1cccc(C#Cc2cc(C(C)(C)C)sc2Cl)c1. The van der Waals surface area contributed by atoms with Gasteiger partial charge in [-0.1, -0.05) is 50.3 Å². The molecule has 0 radical (unpaired) electrons. The molecule has 114 valence electrons. The second-order valence-electron chi connectivity index (χ2n) is 5.96. The van der Waals surface area contributed by atoms with Crippen LogP contribution in [0.5, 0.6) is 0 Å². The lowest BCUT2D eigenvalue weighted by atomic mass is 9.94. The summed E-state index contributed by atoms with van der Waals surface area (Å²) in [5, 5.41) is 2.60. The van der Waals surface area contributed by atoms with Gasteiger partial charge in [0.2, 0.25) is 0 Å². The standard InChI is InChI=1S/C18H18ClNOS/c1-18(2,3)15-11-13(16(19)22-15)9-8-12-6-5-7-14(10-12)17(21)20-4/h5-7,10-11H,1-4H3,(H,20,21). The maximum Gasteiger partial charge on any atom is 0.251 e. The smallest absolute Gasteiger partial charge is 0.251 e. The first-order valence-electron chi connectivity index (χ1n) is 6.95. The van der Waals surface area contributed by atoms with E-state index in [0.717, 1.165) is 11.1 Å². The van der Waals surface area contributed by atoms with Crippen molar-refractivity contribution in [3.63, 3.8) is 0 Å². The molecule has 1 aromatic heterocycles. The van der Waals surface area contributed by atoms with E-state index in [2.05, 4.69) is 37.9 Å². The highest BCUT2D eigenvalue weighted by Crippen LogP contribution is 2.35. The number of halogens is 1. The van der Waals surface area contributed by atoms with E-state index in [9.17, 15) is 4.79 Å². The summed E-state index contributed by atoms with van der Waals surface area (Å²) in [5.74, 6) is 6.06. The van der Waals surface area contributed by atoms with Crippen LogP contribution in [0, 0.1) is 11.8 Å². The molecule has 1 aromatic carbocycles. The minimum absolute atomic E-state index is 0.0629. The molecule has 0 atom stereocenters. The molecule has 0 saturated heterocycles. The number of amides is 1. The lowest BCUT2D eigenvalue weighted by molar-refractivity contribution is 0.0963. The predicted octanol–water partition coefficient (Wildman–Crippen LogP) is 4.46. The quantitative estimate of drug-likeness (QED) is 0.768. The summed E-state index contributed by atoms with van der Waals surface area (Å²) in [6, 6.07) is 9.29. The predicted molar refractivity (Wildman–Crippen MR) is 93.8 cm³/mol. The van der Waals surface area contributed by atoms with Gasteiger partial charge >= 0.3 is 0 Å². The number of hydrogen-bond donors (Lipinski definition) is 1. The average Bonchev–Trinajstić information content (AvgIpc) is 2.86. The molecule has 0 aliphatic rings. The summed E-state index contributed by atoms with van der Waals surface area (Å²) in [4.78, 5) is 12.8. The van der Waals surface area contributed by atoms with E-state index in [-0.39, 0.29) is 11.3 Å². The number of thiophene rings is 1. The number of rotatable bonds is 1. The first kappa shape index (κ1) is 16.6. The molecule has 1 amide bonds. The Morgan fingerprint density at radius 2 is 1.95 bits per heavy atom. The molecule has 22 heavy (non-hydrogen) atoms. The van der Waals surface area contributed by atoms with Crippen molar-refractivity contribution in [1.29, 1.82) is 0 Å². The van der Waals surface area contributed by atoms with Crippen molar-refractivity contribution in [3.05, 3.63) is 56.2 Å². The van der Waals surface area contributed by atoms with Gasteiger partial charge in [0.25, 0.3) is 5.91 Å². The Morgan fingerprint density at radius 3 is 2.55 bits per heavy atom. The highest BCUT2D eigenvalue weighted by molar-refractivity contribution is 7.16. The highest BCUT2D eigenvalue weighted by Gasteiger charge is 2.18. The van der Waals surface area contributed by atoms with Crippen molar-refractivity contribution in [2.24, 2.45) is 0 Å². The highest BCUT2D eigenvalue weighted by atomic mass is 35.5. The first-order valence-corrected chi connectivity index (χ1v) is 8.14. The maximum absolute atomic E-state index is 11.6. The lowest BCUT2D eigenvalue weighted by Crippen LogP contribution is -2.17. The minimum atomic E-state index is -0.118. The van der Waals surface area contributed by atoms with Crippen LogP contribution in [0.15, 0.2) is 30.3 Å². The molecule has 0 fully saturated rings. The number of hydrogen-bond acceptors (Lipinski definition) is 2. The van der Waals surface area contributed by atoms with Crippen LogP contribution in [0.25, 0.3) is 0 Å². The van der Waals surface area contributed by atoms with Crippen molar-refractivity contribution >= 4 is 28.8 Å². The topological polar surface area (TPSA) is 29.1 Å². The van der Waals surface area contributed by atoms with Crippen LogP contribution in [0.2, 0.25) is 4.34 Å². The molecule has 4 heteroatoms. The van der Waals surface area contributed by atoms with Gasteiger partial charge in [-0.05, 0) is 29.7 Å². The summed E-state index contributed by atoms with van der Waals surface area (Å²) >= 11 is 7.84. The van der Waals surface area contributed by atoms with Crippen molar-refractivity contribution in [3.8, 4) is 11.8 Å². The molecule has 0 aliphatic carbocycles. The summed E-state index contributed by atoms with van der Waals surface area (Å²) < 4.78 is 0.708. The van der Waals surface area contributed by atoms with Crippen molar-refractivity contribution in [2.75, 3.05) is 7.05 Å². The van der Waals surface area contributed by atoms with Gasteiger partial charge in [-0.3, -0.25) is 4.79 Å². The summed E-state index contributed by atoms with van der Waals surface area (Å²) in [7, 11) is 1.61. The third-order valence-electron chi connectivity index (χ3n) is 3.12. The van der Waals surface area contributed by atoms with E-state index >= 15 is 0 Å². The van der Waals surface area contributed by atoms with Crippen LogP contribution in [-0.4, -0.2) is 13.0 Å². The van der Waals surface area contributed by atoms with Crippen LogP contribution >= 0.6 is 22.9 Å². The van der Waals surface area contributed by atoms with Crippen LogP contribution in [0.4, 0.5) is 0 Å². The van der Waals surface area contributed by atoms with Crippen molar-refractivity contribution < 1.29 is 4.79 Å². The zero-order valence-corrected chi connectivity index (χ0v) is 14.7. The second kappa shape index (κ2) is 6.56. The molecule has 0 saturated carbocycles. The maximum atomic E-state index is 11.6. The molecule has 2 aromatic rings. The molecule has 2 nitrogen and oxygen atoms in total. The minimum Gasteiger partial charge on any atom is -0.355 e. The Kier molecular flexibility index (Phi) is 4.95. The van der Waals surface area contributed by atoms with Crippen molar-refractivity contribution in [2.45, 2.75) is 26.2 Å². The Labute approximate surface area is 140 Å². The van der Waals surface area contributed by atoms with Crippen LogP contribution in [0.3, 0.4) is 0 Å². The van der Waals surface area contributed by atoms with Crippen LogP contribution < -0.4 is 5.32 Å². The molecule has 0 aliphatic heterocycles. The molecule has 1 N–H and O–H groups in total. The number of benzene rings is 1.